The molecule has 1 aliphatic heterocycles. The highest BCUT2D eigenvalue weighted by Gasteiger charge is 2.14. The van der Waals surface area contributed by atoms with Gasteiger partial charge in [0.1, 0.15) is 19.0 Å². The van der Waals surface area contributed by atoms with Gasteiger partial charge in [0, 0.05) is 25.2 Å². The number of nitrogens with one attached hydrogen (secondary N) is 1. The molecule has 0 aliphatic carbocycles. The Labute approximate surface area is 111 Å². The first-order valence-electron chi connectivity index (χ1n) is 6.29. The van der Waals surface area contributed by atoms with Gasteiger partial charge in [0.15, 0.2) is 11.5 Å². The van der Waals surface area contributed by atoms with Crippen LogP contribution >= 0.6 is 0 Å². The van der Waals surface area contributed by atoms with Gasteiger partial charge in [0.25, 0.3) is 0 Å². The molecule has 0 saturated carbocycles. The third kappa shape index (κ3) is 2.42. The Hall–Kier alpha value is -2.01. The van der Waals surface area contributed by atoms with Crippen LogP contribution in [0.3, 0.4) is 0 Å². The number of benzene rings is 1. The van der Waals surface area contributed by atoms with Crippen molar-refractivity contribution in [1.82, 2.24) is 4.98 Å². The van der Waals surface area contributed by atoms with Crippen LogP contribution in [0.5, 0.6) is 11.5 Å². The number of fused-ring (bicyclic) bond motifs is 2. The first kappa shape index (κ1) is 12.0. The number of pyridine rings is 1. The fraction of sp³-hybridized carbons (Fsp3) is 0.357. The summed E-state index contributed by atoms with van der Waals surface area (Å²) in [4.78, 5) is 4.36. The third-order valence-electron chi connectivity index (χ3n) is 3.03. The standard InChI is InChI=1S/C14H16N2O3/c1-17-5-4-16-14-11-9-13-12(18-6-7-19-13)8-10(11)2-3-15-14/h2-3,8-9H,4-7H2,1H3,(H,15,16). The van der Waals surface area contributed by atoms with Gasteiger partial charge in [-0.05, 0) is 23.6 Å². The highest BCUT2D eigenvalue weighted by atomic mass is 16.6. The molecule has 2 heterocycles. The molecule has 100 valence electrons. The van der Waals surface area contributed by atoms with E-state index in [1.165, 1.54) is 0 Å². The summed E-state index contributed by atoms with van der Waals surface area (Å²) in [6.45, 7) is 2.55. The minimum absolute atomic E-state index is 0.588. The van der Waals surface area contributed by atoms with E-state index in [2.05, 4.69) is 10.3 Å². The minimum Gasteiger partial charge on any atom is -0.486 e. The summed E-state index contributed by atoms with van der Waals surface area (Å²) in [5.74, 6) is 2.42. The highest BCUT2D eigenvalue weighted by molar-refractivity contribution is 5.94. The molecule has 0 bridgehead atoms. The van der Waals surface area contributed by atoms with Crippen LogP contribution in [0.1, 0.15) is 0 Å². The average Bonchev–Trinajstić information content (AvgIpc) is 2.46. The second-order valence-electron chi connectivity index (χ2n) is 4.30. The lowest BCUT2D eigenvalue weighted by Gasteiger charge is -2.19. The molecule has 5 nitrogen and oxygen atoms in total. The molecule has 1 aliphatic rings. The Morgan fingerprint density at radius 3 is 2.84 bits per heavy atom. The van der Waals surface area contributed by atoms with Crippen LogP contribution in [0, 0.1) is 0 Å². The number of nitrogens with zero attached hydrogens (tertiary/aromatic N) is 1. The first-order chi connectivity index (χ1) is 9.38. The zero-order chi connectivity index (χ0) is 13.1. The monoisotopic (exact) mass is 260 g/mol. The molecule has 19 heavy (non-hydrogen) atoms. The highest BCUT2D eigenvalue weighted by Crippen LogP contribution is 2.36. The van der Waals surface area contributed by atoms with E-state index in [0.29, 0.717) is 19.8 Å². The van der Waals surface area contributed by atoms with Gasteiger partial charge in [-0.15, -0.1) is 0 Å². The minimum atomic E-state index is 0.588. The largest absolute Gasteiger partial charge is 0.486 e. The molecule has 0 radical (unpaired) electrons. The molecule has 2 aromatic rings. The van der Waals surface area contributed by atoms with Crippen LogP contribution in [-0.2, 0) is 4.74 Å². The fourth-order valence-corrected chi connectivity index (χ4v) is 2.12. The number of aromatic nitrogens is 1. The lowest BCUT2D eigenvalue weighted by molar-refractivity contribution is 0.172. The van der Waals surface area contributed by atoms with E-state index < -0.39 is 0 Å². The Bertz CT molecular complexity index is 586. The molecule has 1 aromatic carbocycles. The van der Waals surface area contributed by atoms with Gasteiger partial charge in [0.2, 0.25) is 0 Å². The van der Waals surface area contributed by atoms with E-state index in [4.69, 9.17) is 14.2 Å². The van der Waals surface area contributed by atoms with E-state index >= 15 is 0 Å². The number of hydrogen-bond donors (Lipinski definition) is 1. The molecule has 0 saturated heterocycles. The van der Waals surface area contributed by atoms with Crippen molar-refractivity contribution >= 4 is 16.6 Å². The first-order valence-corrected chi connectivity index (χ1v) is 6.29. The Balaban J connectivity index is 1.98. The molecular weight excluding hydrogens is 244 g/mol. The van der Waals surface area contributed by atoms with E-state index in [1.54, 1.807) is 13.3 Å². The number of ether oxygens (including phenoxy) is 3. The van der Waals surface area contributed by atoms with Crippen molar-refractivity contribution in [3.05, 3.63) is 24.4 Å². The maximum Gasteiger partial charge on any atom is 0.162 e. The lowest BCUT2D eigenvalue weighted by Crippen LogP contribution is -2.15. The van der Waals surface area contributed by atoms with Crippen LogP contribution in [-0.4, -0.2) is 38.5 Å². The van der Waals surface area contributed by atoms with E-state index in [1.807, 2.05) is 18.2 Å². The van der Waals surface area contributed by atoms with Crippen LogP contribution in [0.15, 0.2) is 24.4 Å². The summed E-state index contributed by atoms with van der Waals surface area (Å²) >= 11 is 0. The third-order valence-corrected chi connectivity index (χ3v) is 3.03. The van der Waals surface area contributed by atoms with Crippen molar-refractivity contribution in [2.75, 3.05) is 38.8 Å². The van der Waals surface area contributed by atoms with Gasteiger partial charge in [-0.25, -0.2) is 4.98 Å². The zero-order valence-electron chi connectivity index (χ0n) is 10.8. The Morgan fingerprint density at radius 2 is 2.05 bits per heavy atom. The average molecular weight is 260 g/mol. The summed E-state index contributed by atoms with van der Waals surface area (Å²) in [6.07, 6.45) is 1.79. The topological polar surface area (TPSA) is 52.6 Å². The second kappa shape index (κ2) is 5.32. The van der Waals surface area contributed by atoms with Crippen molar-refractivity contribution in [3.8, 4) is 11.5 Å². The smallest absolute Gasteiger partial charge is 0.162 e. The number of methoxy groups -OCH3 is 1. The quantitative estimate of drug-likeness (QED) is 0.853. The Morgan fingerprint density at radius 1 is 1.26 bits per heavy atom. The van der Waals surface area contributed by atoms with Gasteiger partial charge < -0.3 is 19.5 Å². The van der Waals surface area contributed by atoms with E-state index in [0.717, 1.165) is 34.6 Å². The predicted molar refractivity (Wildman–Crippen MR) is 73.1 cm³/mol. The van der Waals surface area contributed by atoms with Crippen LogP contribution in [0.4, 0.5) is 5.82 Å². The molecule has 0 spiro atoms. The molecule has 0 atom stereocenters. The zero-order valence-corrected chi connectivity index (χ0v) is 10.8. The van der Waals surface area contributed by atoms with Gasteiger partial charge in [-0.2, -0.15) is 0 Å². The van der Waals surface area contributed by atoms with Crippen molar-refractivity contribution in [2.45, 2.75) is 0 Å². The van der Waals surface area contributed by atoms with Crippen LogP contribution in [0.2, 0.25) is 0 Å². The normalized spacial score (nSPS) is 13.5. The number of anilines is 1. The summed E-state index contributed by atoms with van der Waals surface area (Å²) in [5, 5.41) is 5.38. The maximum atomic E-state index is 5.61. The summed E-state index contributed by atoms with van der Waals surface area (Å²) in [7, 11) is 1.68. The number of hydrogen-bond acceptors (Lipinski definition) is 5. The van der Waals surface area contributed by atoms with Gasteiger partial charge >= 0.3 is 0 Å². The number of rotatable bonds is 4. The summed E-state index contributed by atoms with van der Waals surface area (Å²) in [5.41, 5.74) is 0. The predicted octanol–water partition coefficient (Wildman–Crippen LogP) is 2.06. The molecule has 0 amide bonds. The molecule has 1 N–H and O–H groups in total. The Kier molecular flexibility index (Phi) is 3.37. The molecule has 0 fully saturated rings. The van der Waals surface area contributed by atoms with Crippen molar-refractivity contribution < 1.29 is 14.2 Å². The second-order valence-corrected chi connectivity index (χ2v) is 4.30. The molecular formula is C14H16N2O3. The van der Waals surface area contributed by atoms with Gasteiger partial charge in [-0.3, -0.25) is 0 Å². The molecule has 3 rings (SSSR count). The van der Waals surface area contributed by atoms with Crippen molar-refractivity contribution in [2.24, 2.45) is 0 Å². The fourth-order valence-electron chi connectivity index (χ4n) is 2.12. The van der Waals surface area contributed by atoms with Crippen LogP contribution < -0.4 is 14.8 Å². The molecule has 1 aromatic heterocycles. The van der Waals surface area contributed by atoms with Crippen molar-refractivity contribution in [1.29, 1.82) is 0 Å². The van der Waals surface area contributed by atoms with Gasteiger partial charge in [-0.1, -0.05) is 0 Å². The van der Waals surface area contributed by atoms with Crippen molar-refractivity contribution in [3.63, 3.8) is 0 Å². The SMILES string of the molecule is COCCNc1nccc2cc3c(cc12)OCCO3. The van der Waals surface area contributed by atoms with E-state index in [-0.39, 0.29) is 0 Å². The maximum absolute atomic E-state index is 5.61. The lowest BCUT2D eigenvalue weighted by atomic mass is 10.1. The molecule has 5 heteroatoms. The van der Waals surface area contributed by atoms with E-state index in [9.17, 15) is 0 Å². The van der Waals surface area contributed by atoms with Crippen LogP contribution in [0.25, 0.3) is 10.8 Å². The summed E-state index contributed by atoms with van der Waals surface area (Å²) < 4.78 is 16.2. The molecule has 0 unspecified atom stereocenters. The van der Waals surface area contributed by atoms with Gasteiger partial charge in [0.05, 0.1) is 6.61 Å². The summed E-state index contributed by atoms with van der Waals surface area (Å²) in [6, 6.07) is 5.94.